The second-order valence-electron chi connectivity index (χ2n) is 2.27. The predicted octanol–water partition coefficient (Wildman–Crippen LogP) is 2.12. The minimum atomic E-state index is -3.97. The molecule has 4 heteroatoms. The topological polar surface area (TPSA) is 0 Å². The fourth-order valence-corrected chi connectivity index (χ4v) is 3.13. The van der Waals surface area contributed by atoms with Crippen LogP contribution < -0.4 is 3.61 Å². The van der Waals surface area contributed by atoms with Crippen molar-refractivity contribution in [2.75, 3.05) is 0 Å². The molecule has 0 aliphatic rings. The zero-order valence-corrected chi connectivity index (χ0v) is 8.76. The van der Waals surface area contributed by atoms with Gasteiger partial charge in [-0.25, -0.2) is 0 Å². The van der Waals surface area contributed by atoms with Gasteiger partial charge in [-0.3, -0.25) is 0 Å². The average Bonchev–Trinajstić information content (AvgIpc) is 2.03. The van der Waals surface area contributed by atoms with Crippen LogP contribution in [0.1, 0.15) is 0 Å². The first-order chi connectivity index (χ1) is 5.52. The van der Waals surface area contributed by atoms with Crippen LogP contribution in [0.25, 0.3) is 0 Å². The average molecular weight is 289 g/mol. The normalized spacial score (nSPS) is 12.1. The van der Waals surface area contributed by atoms with Crippen LogP contribution in [0.5, 0.6) is 0 Å². The van der Waals surface area contributed by atoms with E-state index in [0.717, 1.165) is 0 Å². The van der Waals surface area contributed by atoms with Gasteiger partial charge < -0.3 is 0 Å². The van der Waals surface area contributed by atoms with Gasteiger partial charge in [-0.05, 0) is 0 Å². The second kappa shape index (κ2) is 3.67. The van der Waals surface area contributed by atoms with E-state index in [4.69, 9.17) is 0 Å². The summed E-state index contributed by atoms with van der Waals surface area (Å²) in [5, 5.41) is 0. The molecule has 0 unspecified atom stereocenters. The van der Waals surface area contributed by atoms with Crippen molar-refractivity contribution in [3.8, 4) is 0 Å². The van der Waals surface area contributed by atoms with Gasteiger partial charge in [0.2, 0.25) is 0 Å². The van der Waals surface area contributed by atoms with Gasteiger partial charge in [-0.2, -0.15) is 0 Å². The molecule has 0 fully saturated rings. The Morgan fingerprint density at radius 3 is 2.00 bits per heavy atom. The van der Waals surface area contributed by atoms with Crippen LogP contribution in [0.4, 0.5) is 13.2 Å². The standard InChI is InChI=1S/C8H8F3Te/c1-12(8(9,10)11)7-5-3-2-4-6-7/h2-6H,1H3. The van der Waals surface area contributed by atoms with Gasteiger partial charge in [-0.1, -0.05) is 0 Å². The molecular formula is C8H8F3Te. The SMILES string of the molecule is C[Te](c1ccccc1)C(F)(F)F. The molecule has 1 aromatic carbocycles. The van der Waals surface area contributed by atoms with E-state index in [2.05, 4.69) is 0 Å². The van der Waals surface area contributed by atoms with Crippen molar-refractivity contribution in [3.63, 3.8) is 0 Å². The van der Waals surface area contributed by atoms with Crippen LogP contribution in [0.3, 0.4) is 0 Å². The van der Waals surface area contributed by atoms with E-state index in [1.807, 2.05) is 0 Å². The van der Waals surface area contributed by atoms with E-state index < -0.39 is 23.8 Å². The van der Waals surface area contributed by atoms with E-state index in [9.17, 15) is 13.2 Å². The molecule has 1 radical (unpaired) electrons. The van der Waals surface area contributed by atoms with Gasteiger partial charge in [0.05, 0.1) is 0 Å². The molecule has 0 amide bonds. The molecular weight excluding hydrogens is 281 g/mol. The maximum absolute atomic E-state index is 12.2. The Bertz CT molecular complexity index is 242. The molecule has 0 N–H and O–H groups in total. The molecule has 0 aromatic heterocycles. The third kappa shape index (κ3) is 2.40. The van der Waals surface area contributed by atoms with Crippen LogP contribution >= 0.6 is 0 Å². The van der Waals surface area contributed by atoms with Gasteiger partial charge in [0.1, 0.15) is 0 Å². The summed E-state index contributed by atoms with van der Waals surface area (Å²) >= 11 is -3.06. The maximum atomic E-state index is 12.2. The van der Waals surface area contributed by atoms with E-state index in [1.54, 1.807) is 30.3 Å². The summed E-state index contributed by atoms with van der Waals surface area (Å²) < 4.78 is 33.1. The van der Waals surface area contributed by atoms with Crippen molar-refractivity contribution < 1.29 is 13.2 Å². The van der Waals surface area contributed by atoms with Crippen molar-refractivity contribution in [1.82, 2.24) is 0 Å². The summed E-state index contributed by atoms with van der Waals surface area (Å²) in [7, 11) is 0. The van der Waals surface area contributed by atoms with Crippen molar-refractivity contribution in [2.45, 2.75) is 9.20 Å². The van der Waals surface area contributed by atoms with Gasteiger partial charge in [0, 0.05) is 0 Å². The molecule has 12 heavy (non-hydrogen) atoms. The fraction of sp³-hybridized carbons (Fsp3) is 0.250. The van der Waals surface area contributed by atoms with Gasteiger partial charge >= 0.3 is 75.9 Å². The van der Waals surface area contributed by atoms with E-state index in [1.165, 1.54) is 4.97 Å². The molecule has 0 heterocycles. The zero-order valence-electron chi connectivity index (χ0n) is 6.43. The quantitative estimate of drug-likeness (QED) is 0.695. The molecule has 1 aromatic rings. The number of hydrogen-bond acceptors (Lipinski definition) is 0. The van der Waals surface area contributed by atoms with Crippen molar-refractivity contribution in [3.05, 3.63) is 30.3 Å². The molecule has 0 saturated heterocycles. The number of hydrogen-bond donors (Lipinski definition) is 0. The van der Waals surface area contributed by atoms with Crippen LogP contribution in [-0.2, 0) is 0 Å². The molecule has 0 bridgehead atoms. The Hall–Kier alpha value is -0.200. The predicted molar refractivity (Wildman–Crippen MR) is 43.7 cm³/mol. The Balaban J connectivity index is 2.86. The third-order valence-corrected chi connectivity index (χ3v) is 6.22. The number of rotatable bonds is 1. The summed E-state index contributed by atoms with van der Waals surface area (Å²) in [6.45, 7) is 0. The van der Waals surface area contributed by atoms with E-state index in [0.29, 0.717) is 3.61 Å². The number of halogens is 3. The van der Waals surface area contributed by atoms with Crippen LogP contribution in [0.15, 0.2) is 30.3 Å². The number of alkyl halides is 3. The molecule has 0 spiro atoms. The molecule has 0 aliphatic carbocycles. The molecule has 1 rings (SSSR count). The van der Waals surface area contributed by atoms with Gasteiger partial charge in [0.15, 0.2) is 0 Å². The van der Waals surface area contributed by atoms with E-state index >= 15 is 0 Å². The summed E-state index contributed by atoms with van der Waals surface area (Å²) in [4.78, 5) is 1.33. The first kappa shape index (κ1) is 9.88. The van der Waals surface area contributed by atoms with Crippen LogP contribution in [0, 0.1) is 0 Å². The molecule has 67 valence electrons. The Kier molecular flexibility index (Phi) is 3.03. The summed E-state index contributed by atoms with van der Waals surface area (Å²) in [6.07, 6.45) is 0. The zero-order chi connectivity index (χ0) is 9.19. The van der Waals surface area contributed by atoms with Gasteiger partial charge in [0.25, 0.3) is 0 Å². The number of benzene rings is 1. The Morgan fingerprint density at radius 2 is 1.58 bits per heavy atom. The van der Waals surface area contributed by atoms with Crippen molar-refractivity contribution in [1.29, 1.82) is 0 Å². The van der Waals surface area contributed by atoms with Crippen molar-refractivity contribution in [2.24, 2.45) is 0 Å². The molecule has 0 saturated carbocycles. The Morgan fingerprint density at radius 1 is 1.08 bits per heavy atom. The molecule has 0 atom stereocenters. The summed E-state index contributed by atoms with van der Waals surface area (Å²) in [6, 6.07) is 8.15. The second-order valence-corrected chi connectivity index (χ2v) is 7.85. The minimum absolute atomic E-state index is 0.480. The monoisotopic (exact) mass is 291 g/mol. The van der Waals surface area contributed by atoms with Crippen molar-refractivity contribution >= 4 is 23.2 Å². The third-order valence-electron chi connectivity index (χ3n) is 1.44. The summed E-state index contributed by atoms with van der Waals surface area (Å²) in [5.41, 5.74) is 0. The fourth-order valence-electron chi connectivity index (χ4n) is 0.758. The summed E-state index contributed by atoms with van der Waals surface area (Å²) in [5.74, 6) is 0. The molecule has 0 nitrogen and oxygen atoms in total. The van der Waals surface area contributed by atoms with Crippen LogP contribution in [-0.4, -0.2) is 23.8 Å². The van der Waals surface area contributed by atoms with Gasteiger partial charge in [-0.15, -0.1) is 0 Å². The van der Waals surface area contributed by atoms with Crippen LogP contribution in [0.2, 0.25) is 4.97 Å². The molecule has 0 aliphatic heterocycles. The Labute approximate surface area is 76.0 Å². The van der Waals surface area contributed by atoms with E-state index in [-0.39, 0.29) is 0 Å². The first-order valence-electron chi connectivity index (χ1n) is 3.29. The first-order valence-corrected chi connectivity index (χ1v) is 7.95.